The molecule has 0 spiro atoms. The first kappa shape index (κ1) is 28.6. The summed E-state index contributed by atoms with van der Waals surface area (Å²) in [5.74, 6) is 0. The third-order valence-electron chi connectivity index (χ3n) is 5.51. The number of aryl methyl sites for hydroxylation is 2. The molecule has 0 bridgehead atoms. The minimum Gasteiger partial charge on any atom is -0.329 e. The van der Waals surface area contributed by atoms with Crippen LogP contribution in [0.2, 0.25) is 0 Å². The van der Waals surface area contributed by atoms with Crippen LogP contribution in [0, 0.1) is 0 Å². The molecule has 2 aromatic heterocycles. The van der Waals surface area contributed by atoms with E-state index in [2.05, 4.69) is 9.44 Å². The number of sulfonamides is 2. The third-order valence-corrected chi connectivity index (χ3v) is 8.52. The number of rotatable bonds is 12. The fourth-order valence-corrected chi connectivity index (χ4v) is 6.21. The largest absolute Gasteiger partial charge is 0.329 e. The zero-order valence-corrected chi connectivity index (χ0v) is 22.6. The number of allylic oxidation sites excluding steroid dienone is 6. The second kappa shape index (κ2) is 12.5. The summed E-state index contributed by atoms with van der Waals surface area (Å²) in [5, 5.41) is 0. The summed E-state index contributed by atoms with van der Waals surface area (Å²) in [6, 6.07) is 3.49. The molecule has 3 rings (SSSR count). The van der Waals surface area contributed by atoms with Crippen LogP contribution in [0.25, 0.3) is 12.2 Å². The third kappa shape index (κ3) is 7.74. The van der Waals surface area contributed by atoms with Crippen molar-refractivity contribution in [1.29, 1.82) is 0 Å². The molecule has 0 aliphatic heterocycles. The van der Waals surface area contributed by atoms with Crippen LogP contribution in [0.5, 0.6) is 0 Å². The van der Waals surface area contributed by atoms with E-state index in [1.165, 1.54) is 0 Å². The lowest BCUT2D eigenvalue weighted by atomic mass is 10.1. The maximum absolute atomic E-state index is 12.7. The summed E-state index contributed by atoms with van der Waals surface area (Å²) in [7, 11) is -3.89. The molecule has 10 nitrogen and oxygen atoms in total. The molecule has 0 saturated heterocycles. The SMILES string of the molecule is C[n+]1ccc(/C=C/C2=CC=C(/C=C/c3cc[n+](C)cc3S(=O)(=O)NCCN)C2)c(S(=O)(=O)NCCN)c1. The maximum Gasteiger partial charge on any atom is 0.247 e. The Morgan fingerprint density at radius 3 is 1.54 bits per heavy atom. The Balaban J connectivity index is 1.75. The summed E-state index contributed by atoms with van der Waals surface area (Å²) in [6.07, 6.45) is 18.5. The van der Waals surface area contributed by atoms with Gasteiger partial charge in [0.1, 0.15) is 14.1 Å². The Hall–Kier alpha value is -3.00. The quantitative estimate of drug-likeness (QED) is 0.271. The van der Waals surface area contributed by atoms with Crippen LogP contribution in [0.3, 0.4) is 0 Å². The summed E-state index contributed by atoms with van der Waals surface area (Å²) in [6.45, 7) is 0.718. The molecule has 0 fully saturated rings. The van der Waals surface area contributed by atoms with Gasteiger partial charge in [-0.15, -0.1) is 0 Å². The molecule has 12 heteroatoms. The van der Waals surface area contributed by atoms with Gasteiger partial charge in [-0.3, -0.25) is 0 Å². The van der Waals surface area contributed by atoms with Gasteiger partial charge >= 0.3 is 0 Å². The molecule has 0 unspecified atom stereocenters. The van der Waals surface area contributed by atoms with E-state index in [0.717, 1.165) is 11.1 Å². The number of hydrogen-bond acceptors (Lipinski definition) is 6. The highest BCUT2D eigenvalue weighted by Crippen LogP contribution is 2.25. The summed E-state index contributed by atoms with van der Waals surface area (Å²) in [5.41, 5.74) is 14.0. The topological polar surface area (TPSA) is 152 Å². The predicted molar refractivity (Wildman–Crippen MR) is 143 cm³/mol. The lowest BCUT2D eigenvalue weighted by Crippen LogP contribution is -2.33. The van der Waals surface area contributed by atoms with Crippen molar-refractivity contribution < 1.29 is 26.0 Å². The number of aromatic nitrogens is 2. The van der Waals surface area contributed by atoms with E-state index in [1.807, 2.05) is 24.3 Å². The van der Waals surface area contributed by atoms with Crippen molar-refractivity contribution in [1.82, 2.24) is 9.44 Å². The molecule has 0 atom stereocenters. The van der Waals surface area contributed by atoms with Gasteiger partial charge in [0.25, 0.3) is 0 Å². The Bertz CT molecular complexity index is 1360. The second-order valence-corrected chi connectivity index (χ2v) is 12.0. The minimum absolute atomic E-state index is 0.153. The molecule has 0 amide bonds. The molecule has 0 radical (unpaired) electrons. The van der Waals surface area contributed by atoms with Crippen molar-refractivity contribution in [2.24, 2.45) is 25.6 Å². The summed E-state index contributed by atoms with van der Waals surface area (Å²) >= 11 is 0. The fraction of sp³-hybridized carbons (Fsp3) is 0.280. The van der Waals surface area contributed by atoms with Gasteiger partial charge < -0.3 is 11.5 Å². The van der Waals surface area contributed by atoms with Crippen molar-refractivity contribution in [3.63, 3.8) is 0 Å². The Morgan fingerprint density at radius 2 is 1.16 bits per heavy atom. The molecule has 1 aliphatic rings. The van der Waals surface area contributed by atoms with Gasteiger partial charge in [0, 0.05) is 49.4 Å². The number of nitrogens with one attached hydrogen (secondary N) is 2. The average Bonchev–Trinajstić information content (AvgIpc) is 3.32. The van der Waals surface area contributed by atoms with Crippen LogP contribution in [0.1, 0.15) is 17.5 Å². The molecular formula is C25H34N6O4S2+2. The van der Waals surface area contributed by atoms with Crippen LogP contribution in [0.4, 0.5) is 0 Å². The lowest BCUT2D eigenvalue weighted by molar-refractivity contribution is -0.673. The van der Waals surface area contributed by atoms with Crippen LogP contribution in [-0.2, 0) is 34.1 Å². The molecule has 2 aromatic rings. The lowest BCUT2D eigenvalue weighted by Gasteiger charge is -2.07. The zero-order valence-electron chi connectivity index (χ0n) is 21.0. The molecule has 6 N–H and O–H groups in total. The maximum atomic E-state index is 12.7. The van der Waals surface area contributed by atoms with E-state index in [1.54, 1.807) is 72.3 Å². The standard InChI is InChI=1S/C25H34N6O4S2/c1-30-15-9-22(24(18-30)36(32,33)28-13-11-26)7-5-20-3-4-21(17-20)6-8-23-10-16-31(2)19-25(23)37(34,35)29-14-12-27/h3-10,15-16,18-19,28-29H,11-14,17,26-27H2,1-2H3/q+2/b7-5+,8-6+. The molecular weight excluding hydrogens is 512 g/mol. The van der Waals surface area contributed by atoms with Gasteiger partial charge in [-0.05, 0) is 17.6 Å². The van der Waals surface area contributed by atoms with E-state index in [-0.39, 0.29) is 36.0 Å². The van der Waals surface area contributed by atoms with Gasteiger partial charge in [-0.1, -0.05) is 36.5 Å². The number of pyridine rings is 2. The van der Waals surface area contributed by atoms with E-state index in [4.69, 9.17) is 11.5 Å². The molecule has 0 aromatic carbocycles. The van der Waals surface area contributed by atoms with Gasteiger partial charge in [0.2, 0.25) is 20.0 Å². The van der Waals surface area contributed by atoms with Crippen molar-refractivity contribution >= 4 is 32.2 Å². The van der Waals surface area contributed by atoms with E-state index in [9.17, 15) is 16.8 Å². The van der Waals surface area contributed by atoms with Crippen molar-refractivity contribution in [2.75, 3.05) is 26.2 Å². The van der Waals surface area contributed by atoms with Crippen molar-refractivity contribution in [2.45, 2.75) is 16.2 Å². The highest BCUT2D eigenvalue weighted by molar-refractivity contribution is 7.89. The Kier molecular flexibility index (Phi) is 9.65. The average molecular weight is 547 g/mol. The monoisotopic (exact) mass is 546 g/mol. The van der Waals surface area contributed by atoms with Crippen LogP contribution in [-0.4, -0.2) is 43.0 Å². The highest BCUT2D eigenvalue weighted by Gasteiger charge is 2.22. The van der Waals surface area contributed by atoms with Gasteiger partial charge in [-0.2, -0.15) is 0 Å². The summed E-state index contributed by atoms with van der Waals surface area (Å²) in [4.78, 5) is 0.339. The van der Waals surface area contributed by atoms with E-state index < -0.39 is 20.0 Å². The molecule has 1 aliphatic carbocycles. The highest BCUT2D eigenvalue weighted by atomic mass is 32.2. The smallest absolute Gasteiger partial charge is 0.247 e. The molecule has 198 valence electrons. The molecule has 0 saturated carbocycles. The van der Waals surface area contributed by atoms with Gasteiger partial charge in [0.05, 0.1) is 0 Å². The first-order chi connectivity index (χ1) is 17.6. The van der Waals surface area contributed by atoms with Crippen molar-refractivity contribution in [3.8, 4) is 0 Å². The first-order valence-corrected chi connectivity index (χ1v) is 14.7. The number of nitrogens with zero attached hydrogens (tertiary/aromatic N) is 2. The zero-order chi connectivity index (χ0) is 27.1. The van der Waals surface area contributed by atoms with Gasteiger partial charge in [0.15, 0.2) is 34.6 Å². The van der Waals surface area contributed by atoms with Crippen LogP contribution >= 0.6 is 0 Å². The number of hydrogen-bond donors (Lipinski definition) is 4. The molecule has 37 heavy (non-hydrogen) atoms. The van der Waals surface area contributed by atoms with E-state index in [0.29, 0.717) is 17.5 Å². The normalized spacial score (nSPS) is 14.5. The minimum atomic E-state index is -3.71. The summed E-state index contributed by atoms with van der Waals surface area (Å²) < 4.78 is 59.2. The number of nitrogens with two attached hydrogens (primary N) is 2. The van der Waals surface area contributed by atoms with Gasteiger partial charge in [-0.25, -0.2) is 35.4 Å². The van der Waals surface area contributed by atoms with Crippen LogP contribution < -0.4 is 30.0 Å². The second-order valence-electron chi connectivity index (χ2n) is 8.56. The van der Waals surface area contributed by atoms with E-state index >= 15 is 0 Å². The van der Waals surface area contributed by atoms with Crippen LogP contribution in [0.15, 0.2) is 82.2 Å². The Labute approximate surface area is 218 Å². The fourth-order valence-electron chi connectivity index (χ4n) is 3.62. The Morgan fingerprint density at radius 1 is 0.757 bits per heavy atom. The molecule has 2 heterocycles. The predicted octanol–water partition coefficient (Wildman–Crippen LogP) is -0.207. The first-order valence-electron chi connectivity index (χ1n) is 11.7. The van der Waals surface area contributed by atoms with Crippen molar-refractivity contribution in [3.05, 3.63) is 83.5 Å².